The van der Waals surface area contributed by atoms with Crippen LogP contribution in [0.1, 0.15) is 81.1 Å². The van der Waals surface area contributed by atoms with E-state index in [-0.39, 0.29) is 74.0 Å². The Kier molecular flexibility index (Phi) is 13.4. The number of anilines is 1. The molecule has 2 aromatic heterocycles. The molecule has 0 aliphatic carbocycles. The molecule has 3 fully saturated rings. The highest BCUT2D eigenvalue weighted by molar-refractivity contribution is 6.34. The predicted octanol–water partition coefficient (Wildman–Crippen LogP) is 7.23. The third-order valence-electron chi connectivity index (χ3n) is 12.3. The van der Waals surface area contributed by atoms with Crippen molar-refractivity contribution < 1.29 is 46.7 Å². The maximum atomic E-state index is 15.7. The number of aromatic nitrogens is 4. The number of benzene rings is 2. The second-order valence-corrected chi connectivity index (χ2v) is 20.3. The van der Waals surface area contributed by atoms with Gasteiger partial charge in [0.15, 0.2) is 17.5 Å². The van der Waals surface area contributed by atoms with Crippen LogP contribution in [-0.2, 0) is 21.3 Å². The lowest BCUT2D eigenvalue weighted by atomic mass is 9.91. The molecule has 3 aliphatic rings. The molecule has 7 rings (SSSR count). The third-order valence-corrected chi connectivity index (χ3v) is 12.7. The number of imidazole rings is 1. The molecule has 3 saturated heterocycles. The van der Waals surface area contributed by atoms with Crippen molar-refractivity contribution in [2.75, 3.05) is 71.3 Å². The minimum absolute atomic E-state index is 0.0649. The number of hydrogen-bond donors (Lipinski definition) is 1. The smallest absolute Gasteiger partial charge is 0.435 e. The summed E-state index contributed by atoms with van der Waals surface area (Å²) in [5.41, 5.74) is -0.436. The van der Waals surface area contributed by atoms with Crippen molar-refractivity contribution in [3.63, 3.8) is 0 Å². The Morgan fingerprint density at radius 2 is 1.42 bits per heavy atom. The lowest BCUT2D eigenvalue weighted by Crippen LogP contribution is -2.61. The van der Waals surface area contributed by atoms with E-state index in [1.807, 2.05) is 25.7 Å². The van der Waals surface area contributed by atoms with E-state index >= 15 is 8.78 Å². The van der Waals surface area contributed by atoms with E-state index in [0.29, 0.717) is 45.2 Å². The molecule has 19 heteroatoms. The van der Waals surface area contributed by atoms with Gasteiger partial charge in [-0.15, -0.1) is 0 Å². The number of halogens is 3. The van der Waals surface area contributed by atoms with Gasteiger partial charge < -0.3 is 38.5 Å². The zero-order chi connectivity index (χ0) is 48.0. The fourth-order valence-corrected chi connectivity index (χ4v) is 9.13. The molecule has 0 spiro atoms. The highest BCUT2D eigenvalue weighted by Gasteiger charge is 2.42. The van der Waals surface area contributed by atoms with E-state index in [9.17, 15) is 24.0 Å². The highest BCUT2D eigenvalue weighted by atomic mass is 35.5. The molecular formula is C47H59ClF2N9O7+. The van der Waals surface area contributed by atoms with E-state index in [0.717, 1.165) is 41.6 Å². The molecule has 66 heavy (non-hydrogen) atoms. The number of amides is 4. The van der Waals surface area contributed by atoms with Gasteiger partial charge in [-0.05, 0) is 72.7 Å². The predicted molar refractivity (Wildman–Crippen MR) is 243 cm³/mol. The van der Waals surface area contributed by atoms with Gasteiger partial charge in [0.2, 0.25) is 5.91 Å². The molecule has 3 aliphatic heterocycles. The number of quaternary nitrogens is 1. The van der Waals surface area contributed by atoms with Crippen LogP contribution in [0.25, 0.3) is 22.4 Å². The molecule has 0 bridgehead atoms. The summed E-state index contributed by atoms with van der Waals surface area (Å²) in [6.07, 6.45) is 3.08. The Morgan fingerprint density at radius 3 is 2.05 bits per heavy atom. The average molecular weight is 935 g/mol. The first-order valence-electron chi connectivity index (χ1n) is 22.2. The van der Waals surface area contributed by atoms with E-state index in [2.05, 4.69) is 22.4 Å². The minimum atomic E-state index is -1.19. The Balaban J connectivity index is 0.900. The number of ether oxygens (including phenoxy) is 2. The number of rotatable bonds is 8. The maximum Gasteiger partial charge on any atom is 0.435 e. The monoisotopic (exact) mass is 934 g/mol. The summed E-state index contributed by atoms with van der Waals surface area (Å²) in [6.45, 7) is 17.9. The number of nitrogens with one attached hydrogen (secondary N) is 1. The molecule has 16 nitrogen and oxygen atoms in total. The minimum Gasteiger partial charge on any atom is -0.444 e. The summed E-state index contributed by atoms with van der Waals surface area (Å²) in [5.74, 6) is -2.94. The number of hydrogen-bond acceptors (Lipinski definition) is 9. The van der Waals surface area contributed by atoms with Crippen LogP contribution in [0.2, 0.25) is 5.02 Å². The topological polar surface area (TPSA) is 161 Å². The standard InChI is InChI=1S/C47H58ClF2N9O7/c1-28-35(26-58(53-28)45(64)66-47(5,6)7)32-12-13-34(39(50)38(32)49)37-23-51-40(54(37)8)41(60)52-31-10-11-33(36(48)22-31)43(62)56-18-16-55(17-19-56)42(61)30-14-20-59(9,21-15-30)27-29-24-57(25-29)44(63)65-46(2,3)4/h10-13,22-23,26,29-30H,14-21,24-25,27H2,1-9H3/p+1. The number of aryl methyl sites for hydroxylation is 1. The maximum absolute atomic E-state index is 15.7. The molecule has 5 heterocycles. The molecule has 4 amide bonds. The van der Waals surface area contributed by atoms with Crippen molar-refractivity contribution in [1.82, 2.24) is 34.0 Å². The van der Waals surface area contributed by atoms with Gasteiger partial charge in [0.25, 0.3) is 11.8 Å². The lowest BCUT2D eigenvalue weighted by Gasteiger charge is -2.47. The van der Waals surface area contributed by atoms with Gasteiger partial charge >= 0.3 is 12.2 Å². The first-order valence-corrected chi connectivity index (χ1v) is 22.6. The Hall–Kier alpha value is -5.88. The van der Waals surface area contributed by atoms with E-state index < -0.39 is 34.8 Å². The summed E-state index contributed by atoms with van der Waals surface area (Å²) in [5, 5.41) is 6.95. The number of piperidine rings is 1. The van der Waals surface area contributed by atoms with Crippen LogP contribution in [-0.4, -0.2) is 146 Å². The highest BCUT2D eigenvalue weighted by Crippen LogP contribution is 2.34. The van der Waals surface area contributed by atoms with Crippen LogP contribution in [0, 0.1) is 30.4 Å². The van der Waals surface area contributed by atoms with E-state index in [1.54, 1.807) is 43.6 Å². The summed E-state index contributed by atoms with van der Waals surface area (Å²) >= 11 is 6.61. The largest absolute Gasteiger partial charge is 0.444 e. The van der Waals surface area contributed by atoms with Gasteiger partial charge in [0.05, 0.1) is 54.9 Å². The molecule has 0 atom stereocenters. The van der Waals surface area contributed by atoms with E-state index in [4.69, 9.17) is 21.1 Å². The summed E-state index contributed by atoms with van der Waals surface area (Å²) in [4.78, 5) is 75.0. The second kappa shape index (κ2) is 18.4. The van der Waals surface area contributed by atoms with Gasteiger partial charge in [0.1, 0.15) is 11.2 Å². The number of carbonyl (C=O) groups is 5. The van der Waals surface area contributed by atoms with E-state index in [1.165, 1.54) is 48.3 Å². The number of carbonyl (C=O) groups excluding carboxylic acids is 5. The summed E-state index contributed by atoms with van der Waals surface area (Å²) in [7, 11) is 3.72. The zero-order valence-electron chi connectivity index (χ0n) is 39.0. The van der Waals surface area contributed by atoms with Gasteiger partial charge in [0, 0.05) is 99.6 Å². The van der Waals surface area contributed by atoms with Crippen molar-refractivity contribution in [2.24, 2.45) is 18.9 Å². The molecule has 354 valence electrons. The molecule has 0 unspecified atom stereocenters. The van der Waals surface area contributed by atoms with Crippen LogP contribution in [0.4, 0.5) is 24.1 Å². The molecule has 2 aromatic carbocycles. The summed E-state index contributed by atoms with van der Waals surface area (Å²) in [6, 6.07) is 7.24. The first-order chi connectivity index (χ1) is 30.9. The average Bonchev–Trinajstić information content (AvgIpc) is 3.80. The fraction of sp³-hybridized carbons (Fsp3) is 0.511. The lowest BCUT2D eigenvalue weighted by molar-refractivity contribution is -0.918. The molecular weight excluding hydrogens is 876 g/mol. The first kappa shape index (κ1) is 48.1. The zero-order valence-corrected chi connectivity index (χ0v) is 39.8. The normalized spacial score (nSPS) is 19.3. The Morgan fingerprint density at radius 1 is 0.833 bits per heavy atom. The van der Waals surface area contributed by atoms with Gasteiger partial charge in [-0.3, -0.25) is 14.4 Å². The number of piperazine rings is 1. The van der Waals surface area contributed by atoms with Crippen LogP contribution < -0.4 is 5.32 Å². The quantitative estimate of drug-likeness (QED) is 0.180. The molecule has 0 saturated carbocycles. The third kappa shape index (κ3) is 10.5. The van der Waals surface area contributed by atoms with Gasteiger partial charge in [-0.25, -0.2) is 23.4 Å². The van der Waals surface area contributed by atoms with Crippen molar-refractivity contribution in [3.05, 3.63) is 76.5 Å². The van der Waals surface area contributed by atoms with Gasteiger partial charge in [-0.1, -0.05) is 17.7 Å². The van der Waals surface area contributed by atoms with Crippen molar-refractivity contribution in [2.45, 2.75) is 72.5 Å². The van der Waals surface area contributed by atoms with Crippen LogP contribution in [0.15, 0.2) is 42.7 Å². The Bertz CT molecular complexity index is 2540. The van der Waals surface area contributed by atoms with Crippen LogP contribution in [0.3, 0.4) is 0 Å². The van der Waals surface area contributed by atoms with Crippen LogP contribution in [0.5, 0.6) is 0 Å². The molecule has 1 N–H and O–H groups in total. The second-order valence-electron chi connectivity index (χ2n) is 19.9. The Labute approximate surface area is 388 Å². The SMILES string of the molecule is Cc1nn(C(=O)OC(C)(C)C)cc1-c1ccc(-c2cnc(C(=O)Nc3ccc(C(=O)N4CCN(C(=O)C5CC[N+](C)(CC6CN(C(=O)OC(C)(C)C)C6)CC5)CC4)c(Cl)c3)n2C)c(F)c1F. The summed E-state index contributed by atoms with van der Waals surface area (Å²) < 4.78 is 45.3. The molecule has 4 aromatic rings. The van der Waals surface area contributed by atoms with Crippen LogP contribution >= 0.6 is 11.6 Å². The van der Waals surface area contributed by atoms with Gasteiger partial charge in [-0.2, -0.15) is 9.78 Å². The fourth-order valence-electron chi connectivity index (χ4n) is 8.87. The number of likely N-dealkylation sites (tertiary alicyclic amines) is 2. The van der Waals surface area contributed by atoms with Crippen molar-refractivity contribution in [3.8, 4) is 22.4 Å². The molecule has 0 radical (unpaired) electrons. The number of nitrogens with zero attached hydrogens (tertiary/aromatic N) is 8. The van der Waals surface area contributed by atoms with Crippen molar-refractivity contribution >= 4 is 47.2 Å². The van der Waals surface area contributed by atoms with Crippen molar-refractivity contribution in [1.29, 1.82) is 0 Å².